The van der Waals surface area contributed by atoms with E-state index >= 15 is 0 Å². The summed E-state index contributed by atoms with van der Waals surface area (Å²) in [6.07, 6.45) is 3.42. The first kappa shape index (κ1) is 13.2. The molecular formula is C18H22N2. The van der Waals surface area contributed by atoms with Crippen LogP contribution in [0.1, 0.15) is 30.0 Å². The molecule has 0 aliphatic carbocycles. The van der Waals surface area contributed by atoms with Gasteiger partial charge in [0.05, 0.1) is 6.04 Å². The van der Waals surface area contributed by atoms with Gasteiger partial charge in [-0.1, -0.05) is 48.5 Å². The third-order valence-electron chi connectivity index (χ3n) is 4.15. The Hall–Kier alpha value is -1.80. The normalized spacial score (nSPS) is 15.8. The molecule has 0 spiro atoms. The molecule has 1 heterocycles. The first-order chi connectivity index (χ1) is 9.90. The van der Waals surface area contributed by atoms with Crippen molar-refractivity contribution in [2.45, 2.75) is 25.3 Å². The van der Waals surface area contributed by atoms with E-state index in [1.54, 1.807) is 0 Å². The zero-order valence-corrected chi connectivity index (χ0v) is 11.8. The monoisotopic (exact) mass is 266 g/mol. The quantitative estimate of drug-likeness (QED) is 0.917. The van der Waals surface area contributed by atoms with Crippen molar-refractivity contribution < 1.29 is 0 Å². The lowest BCUT2D eigenvalue weighted by Gasteiger charge is -2.38. The highest BCUT2D eigenvalue weighted by molar-refractivity contribution is 5.57. The van der Waals surface area contributed by atoms with E-state index in [1.165, 1.54) is 29.7 Å². The van der Waals surface area contributed by atoms with E-state index in [4.69, 9.17) is 5.73 Å². The molecule has 2 heteroatoms. The third kappa shape index (κ3) is 2.56. The highest BCUT2D eigenvalue weighted by Gasteiger charge is 2.24. The van der Waals surface area contributed by atoms with Crippen LogP contribution in [-0.2, 0) is 6.42 Å². The van der Waals surface area contributed by atoms with Gasteiger partial charge in [-0.25, -0.2) is 0 Å². The highest BCUT2D eigenvalue weighted by Crippen LogP contribution is 2.35. The number of rotatable bonds is 4. The summed E-state index contributed by atoms with van der Waals surface area (Å²) in [5.74, 6) is 0. The maximum Gasteiger partial charge on any atom is 0.0554 e. The van der Waals surface area contributed by atoms with Gasteiger partial charge in [0.15, 0.2) is 0 Å². The molecule has 0 bridgehead atoms. The van der Waals surface area contributed by atoms with Crippen LogP contribution in [0, 0.1) is 0 Å². The molecule has 0 fully saturated rings. The Bertz CT molecular complexity index is 550. The first-order valence-corrected chi connectivity index (χ1v) is 7.49. The molecule has 1 aliphatic rings. The van der Waals surface area contributed by atoms with Crippen LogP contribution < -0.4 is 10.6 Å². The molecule has 2 aromatic rings. The fourth-order valence-electron chi connectivity index (χ4n) is 3.22. The van der Waals surface area contributed by atoms with Crippen molar-refractivity contribution in [1.82, 2.24) is 0 Å². The predicted molar refractivity (Wildman–Crippen MR) is 85.0 cm³/mol. The van der Waals surface area contributed by atoms with Gasteiger partial charge in [-0.15, -0.1) is 0 Å². The van der Waals surface area contributed by atoms with Gasteiger partial charge in [0.25, 0.3) is 0 Å². The second-order valence-corrected chi connectivity index (χ2v) is 5.43. The Kier molecular flexibility index (Phi) is 4.03. The van der Waals surface area contributed by atoms with E-state index in [2.05, 4.69) is 59.5 Å². The Morgan fingerprint density at radius 2 is 1.75 bits per heavy atom. The lowest BCUT2D eigenvalue weighted by Crippen LogP contribution is -2.34. The number of aryl methyl sites for hydroxylation is 1. The number of nitrogens with zero attached hydrogens (tertiary/aromatic N) is 1. The number of hydrogen-bond acceptors (Lipinski definition) is 2. The van der Waals surface area contributed by atoms with Crippen molar-refractivity contribution in [2.24, 2.45) is 5.73 Å². The number of anilines is 1. The summed E-state index contributed by atoms with van der Waals surface area (Å²) in [5.41, 5.74) is 10.1. The maximum atomic E-state index is 5.87. The van der Waals surface area contributed by atoms with Crippen LogP contribution in [0.15, 0.2) is 54.6 Å². The van der Waals surface area contributed by atoms with Crippen molar-refractivity contribution in [1.29, 1.82) is 0 Å². The van der Waals surface area contributed by atoms with Gasteiger partial charge in [0.1, 0.15) is 0 Å². The molecule has 1 unspecified atom stereocenters. The van der Waals surface area contributed by atoms with Gasteiger partial charge in [0.2, 0.25) is 0 Å². The largest absolute Gasteiger partial charge is 0.364 e. The lowest BCUT2D eigenvalue weighted by atomic mass is 9.95. The number of hydrogen-bond donors (Lipinski definition) is 1. The summed E-state index contributed by atoms with van der Waals surface area (Å²) in [7, 11) is 0. The molecule has 104 valence electrons. The molecule has 0 radical (unpaired) electrons. The minimum absolute atomic E-state index is 0.391. The Morgan fingerprint density at radius 3 is 2.55 bits per heavy atom. The minimum Gasteiger partial charge on any atom is -0.364 e. The van der Waals surface area contributed by atoms with Gasteiger partial charge in [-0.2, -0.15) is 0 Å². The summed E-state index contributed by atoms with van der Waals surface area (Å²) in [5, 5.41) is 0. The van der Waals surface area contributed by atoms with Crippen LogP contribution in [0.3, 0.4) is 0 Å². The van der Waals surface area contributed by atoms with E-state index < -0.39 is 0 Å². The van der Waals surface area contributed by atoms with E-state index in [9.17, 15) is 0 Å². The number of fused-ring (bicyclic) bond motifs is 1. The third-order valence-corrected chi connectivity index (χ3v) is 4.15. The van der Waals surface area contributed by atoms with Gasteiger partial charge >= 0.3 is 0 Å². The van der Waals surface area contributed by atoms with Crippen molar-refractivity contribution in [3.8, 4) is 0 Å². The van der Waals surface area contributed by atoms with Gasteiger partial charge in [-0.3, -0.25) is 0 Å². The lowest BCUT2D eigenvalue weighted by molar-refractivity contribution is 0.553. The number of benzene rings is 2. The molecule has 3 rings (SSSR count). The van der Waals surface area contributed by atoms with Crippen LogP contribution in [-0.4, -0.2) is 13.1 Å². The molecule has 0 aromatic heterocycles. The van der Waals surface area contributed by atoms with E-state index in [0.717, 1.165) is 19.5 Å². The molecule has 20 heavy (non-hydrogen) atoms. The van der Waals surface area contributed by atoms with Gasteiger partial charge in [0, 0.05) is 12.2 Å². The predicted octanol–water partition coefficient (Wildman–Crippen LogP) is 3.53. The molecule has 1 aliphatic heterocycles. The molecule has 2 N–H and O–H groups in total. The van der Waals surface area contributed by atoms with Crippen molar-refractivity contribution in [3.05, 3.63) is 65.7 Å². The van der Waals surface area contributed by atoms with Crippen molar-refractivity contribution in [2.75, 3.05) is 18.0 Å². The Morgan fingerprint density at radius 1 is 1.00 bits per heavy atom. The van der Waals surface area contributed by atoms with Gasteiger partial charge in [-0.05, 0) is 43.0 Å². The SMILES string of the molecule is NCCC(c1ccccc1)N1CCCc2ccccc21. The second kappa shape index (κ2) is 6.10. The summed E-state index contributed by atoms with van der Waals surface area (Å²) < 4.78 is 0. The standard InChI is InChI=1S/C18H22N2/c19-13-12-18(15-7-2-1-3-8-15)20-14-6-10-16-9-4-5-11-17(16)20/h1-5,7-9,11,18H,6,10,12-14,19H2. The average molecular weight is 266 g/mol. The molecule has 2 aromatic carbocycles. The molecular weight excluding hydrogens is 244 g/mol. The van der Waals surface area contributed by atoms with Crippen LogP contribution >= 0.6 is 0 Å². The summed E-state index contributed by atoms with van der Waals surface area (Å²) >= 11 is 0. The van der Waals surface area contributed by atoms with Crippen LogP contribution in [0.2, 0.25) is 0 Å². The van der Waals surface area contributed by atoms with Gasteiger partial charge < -0.3 is 10.6 Å². The average Bonchev–Trinajstić information content (AvgIpc) is 2.53. The topological polar surface area (TPSA) is 29.3 Å². The molecule has 1 atom stereocenters. The smallest absolute Gasteiger partial charge is 0.0554 e. The Labute approximate surface area is 121 Å². The maximum absolute atomic E-state index is 5.87. The number of para-hydroxylation sites is 1. The molecule has 0 amide bonds. The van der Waals surface area contributed by atoms with E-state index in [1.807, 2.05) is 0 Å². The molecule has 2 nitrogen and oxygen atoms in total. The van der Waals surface area contributed by atoms with Crippen LogP contribution in [0.25, 0.3) is 0 Å². The molecule has 0 saturated carbocycles. The number of nitrogens with two attached hydrogens (primary N) is 1. The minimum atomic E-state index is 0.391. The van der Waals surface area contributed by atoms with E-state index in [0.29, 0.717) is 6.04 Å². The fourth-order valence-corrected chi connectivity index (χ4v) is 3.22. The van der Waals surface area contributed by atoms with Crippen LogP contribution in [0.4, 0.5) is 5.69 Å². The fraction of sp³-hybridized carbons (Fsp3) is 0.333. The van der Waals surface area contributed by atoms with E-state index in [-0.39, 0.29) is 0 Å². The molecule has 0 saturated heterocycles. The highest BCUT2D eigenvalue weighted by atomic mass is 15.2. The zero-order valence-electron chi connectivity index (χ0n) is 11.8. The second-order valence-electron chi connectivity index (χ2n) is 5.43. The van der Waals surface area contributed by atoms with Crippen LogP contribution in [0.5, 0.6) is 0 Å². The zero-order chi connectivity index (χ0) is 13.8. The summed E-state index contributed by atoms with van der Waals surface area (Å²) in [6, 6.07) is 19.9. The summed E-state index contributed by atoms with van der Waals surface area (Å²) in [6.45, 7) is 1.84. The summed E-state index contributed by atoms with van der Waals surface area (Å²) in [4.78, 5) is 2.54. The van der Waals surface area contributed by atoms with Crippen molar-refractivity contribution >= 4 is 5.69 Å². The Balaban J connectivity index is 1.97. The first-order valence-electron chi connectivity index (χ1n) is 7.49. The van der Waals surface area contributed by atoms with Crippen molar-refractivity contribution in [3.63, 3.8) is 0 Å².